The molecule has 0 atom stereocenters. The van der Waals surface area contributed by atoms with Crippen LogP contribution < -0.4 is 0 Å². The lowest BCUT2D eigenvalue weighted by atomic mass is 9.68. The Labute approximate surface area is 247 Å². The number of rotatable bonds is 4. The van der Waals surface area contributed by atoms with E-state index in [9.17, 15) is 0 Å². The van der Waals surface area contributed by atoms with Gasteiger partial charge in [-0.1, -0.05) is 92.1 Å². The molecule has 2 aliphatic carbocycles. The van der Waals surface area contributed by atoms with Gasteiger partial charge in [0, 0.05) is 46.9 Å². The zero-order valence-electron chi connectivity index (χ0n) is 23.5. The third kappa shape index (κ3) is 4.08. The minimum Gasteiger partial charge on any atom is -0.264 e. The molecule has 6 aromatic rings. The molecular formula is C39H31N3. The van der Waals surface area contributed by atoms with Crippen molar-refractivity contribution >= 4 is 0 Å². The van der Waals surface area contributed by atoms with Crippen molar-refractivity contribution in [3.63, 3.8) is 0 Å². The highest BCUT2D eigenvalue weighted by Crippen LogP contribution is 2.57. The average Bonchev–Trinajstić information content (AvgIpc) is 3.35. The van der Waals surface area contributed by atoms with Crippen LogP contribution in [0.3, 0.4) is 0 Å². The molecule has 1 saturated carbocycles. The molecule has 3 heterocycles. The maximum absolute atomic E-state index is 5.09. The van der Waals surface area contributed by atoms with Gasteiger partial charge in [0.1, 0.15) is 0 Å². The number of hydrogen-bond acceptors (Lipinski definition) is 3. The highest BCUT2D eigenvalue weighted by atomic mass is 14.7. The molecule has 3 aromatic heterocycles. The number of pyridine rings is 3. The molecule has 3 aromatic carbocycles. The molecule has 0 bridgehead atoms. The summed E-state index contributed by atoms with van der Waals surface area (Å²) in [6, 6.07) is 37.4. The highest BCUT2D eigenvalue weighted by molar-refractivity contribution is 5.93. The molecule has 0 radical (unpaired) electrons. The second kappa shape index (κ2) is 10.2. The normalized spacial score (nSPS) is 14.9. The summed E-state index contributed by atoms with van der Waals surface area (Å²) in [5.74, 6) is 0. The van der Waals surface area contributed by atoms with Gasteiger partial charge in [-0.15, -0.1) is 0 Å². The second-order valence-electron chi connectivity index (χ2n) is 11.6. The Hall–Kier alpha value is -4.89. The predicted octanol–water partition coefficient (Wildman–Crippen LogP) is 9.77. The SMILES string of the molecule is c1cncc(-c2cc(-c3ccc(-c4cccc5c4-c4ccccc4C54CCCCC4)cc3)nc(-c3cccnc3)c2)c1. The summed E-state index contributed by atoms with van der Waals surface area (Å²) in [5.41, 5.74) is 14.7. The largest absolute Gasteiger partial charge is 0.264 e. The lowest BCUT2D eigenvalue weighted by molar-refractivity contribution is 0.353. The van der Waals surface area contributed by atoms with Gasteiger partial charge in [-0.25, -0.2) is 4.98 Å². The van der Waals surface area contributed by atoms with Crippen LogP contribution in [0.5, 0.6) is 0 Å². The maximum atomic E-state index is 5.09. The average molecular weight is 542 g/mol. The predicted molar refractivity (Wildman–Crippen MR) is 171 cm³/mol. The summed E-state index contributed by atoms with van der Waals surface area (Å²) in [6.07, 6.45) is 13.8. The van der Waals surface area contributed by atoms with Gasteiger partial charge in [-0.2, -0.15) is 0 Å². The lowest BCUT2D eigenvalue weighted by Gasteiger charge is -2.36. The molecule has 1 fully saturated rings. The molecular weight excluding hydrogens is 510 g/mol. The topological polar surface area (TPSA) is 38.7 Å². The minimum atomic E-state index is 0.166. The van der Waals surface area contributed by atoms with Gasteiger partial charge >= 0.3 is 0 Å². The summed E-state index contributed by atoms with van der Waals surface area (Å²) >= 11 is 0. The summed E-state index contributed by atoms with van der Waals surface area (Å²) in [5, 5.41) is 0. The highest BCUT2D eigenvalue weighted by Gasteiger charge is 2.44. The summed E-state index contributed by atoms with van der Waals surface area (Å²) in [6.45, 7) is 0. The van der Waals surface area contributed by atoms with Gasteiger partial charge in [-0.05, 0) is 82.1 Å². The van der Waals surface area contributed by atoms with Gasteiger partial charge in [0.15, 0.2) is 0 Å². The molecule has 42 heavy (non-hydrogen) atoms. The zero-order chi connectivity index (χ0) is 27.9. The smallest absolute Gasteiger partial charge is 0.0731 e. The molecule has 3 nitrogen and oxygen atoms in total. The molecule has 8 rings (SSSR count). The fourth-order valence-electron chi connectivity index (χ4n) is 7.30. The van der Waals surface area contributed by atoms with E-state index >= 15 is 0 Å². The molecule has 1 spiro atoms. The second-order valence-corrected chi connectivity index (χ2v) is 11.6. The van der Waals surface area contributed by atoms with Gasteiger partial charge in [0.05, 0.1) is 11.4 Å². The number of benzene rings is 3. The minimum absolute atomic E-state index is 0.166. The van der Waals surface area contributed by atoms with Crippen LogP contribution in [0.15, 0.2) is 128 Å². The molecule has 2 aliphatic rings. The molecule has 0 aliphatic heterocycles. The quantitative estimate of drug-likeness (QED) is 0.223. The van der Waals surface area contributed by atoms with Crippen LogP contribution in [0.4, 0.5) is 0 Å². The maximum Gasteiger partial charge on any atom is 0.0731 e. The van der Waals surface area contributed by atoms with Gasteiger partial charge in [0.2, 0.25) is 0 Å². The number of fused-ring (bicyclic) bond motifs is 5. The van der Waals surface area contributed by atoms with E-state index in [1.807, 2.05) is 24.5 Å². The van der Waals surface area contributed by atoms with Crippen molar-refractivity contribution in [1.29, 1.82) is 0 Å². The van der Waals surface area contributed by atoms with Crippen molar-refractivity contribution in [2.75, 3.05) is 0 Å². The first-order chi connectivity index (χ1) is 20.8. The van der Waals surface area contributed by atoms with Crippen LogP contribution >= 0.6 is 0 Å². The molecule has 202 valence electrons. The van der Waals surface area contributed by atoms with Crippen LogP contribution in [-0.4, -0.2) is 15.0 Å². The van der Waals surface area contributed by atoms with E-state index in [4.69, 9.17) is 4.98 Å². The van der Waals surface area contributed by atoms with E-state index in [0.717, 1.165) is 33.6 Å². The van der Waals surface area contributed by atoms with E-state index in [-0.39, 0.29) is 5.41 Å². The van der Waals surface area contributed by atoms with Gasteiger partial charge in [-0.3, -0.25) is 9.97 Å². The van der Waals surface area contributed by atoms with E-state index in [1.165, 1.54) is 65.5 Å². The molecule has 3 heteroatoms. The number of nitrogens with zero attached hydrogens (tertiary/aromatic N) is 3. The first-order valence-corrected chi connectivity index (χ1v) is 15.0. The fraction of sp³-hybridized carbons (Fsp3) is 0.154. The standard InChI is InChI=1S/C39H31N3/c1-4-19-39(20-5-1)34-13-3-2-11-33(34)38-32(12-6-14-35(38)39)27-15-17-28(18-16-27)36-23-31(29-9-7-21-40-25-29)24-37(42-36)30-10-8-22-41-26-30/h2-3,6-18,21-26H,1,4-5,19-20H2. The van der Waals surface area contributed by atoms with Crippen molar-refractivity contribution in [2.45, 2.75) is 37.5 Å². The lowest BCUT2D eigenvalue weighted by Crippen LogP contribution is -2.27. The van der Waals surface area contributed by atoms with Crippen molar-refractivity contribution in [1.82, 2.24) is 15.0 Å². The first-order valence-electron chi connectivity index (χ1n) is 15.0. The van der Waals surface area contributed by atoms with Crippen LogP contribution in [0.2, 0.25) is 0 Å². The molecule has 0 amide bonds. The Balaban J connectivity index is 1.23. The van der Waals surface area contributed by atoms with Gasteiger partial charge in [0.25, 0.3) is 0 Å². The van der Waals surface area contributed by atoms with Crippen LogP contribution in [0.1, 0.15) is 43.2 Å². The Morgan fingerprint density at radius 3 is 1.86 bits per heavy atom. The van der Waals surface area contributed by atoms with Crippen LogP contribution in [0.25, 0.3) is 55.9 Å². The van der Waals surface area contributed by atoms with Crippen molar-refractivity contribution in [3.05, 3.63) is 139 Å². The van der Waals surface area contributed by atoms with Crippen molar-refractivity contribution in [3.8, 4) is 55.9 Å². The monoisotopic (exact) mass is 541 g/mol. The van der Waals surface area contributed by atoms with Crippen molar-refractivity contribution < 1.29 is 0 Å². The number of aromatic nitrogens is 3. The first kappa shape index (κ1) is 24.9. The summed E-state index contributed by atoms with van der Waals surface area (Å²) in [7, 11) is 0. The molecule has 0 unspecified atom stereocenters. The summed E-state index contributed by atoms with van der Waals surface area (Å²) < 4.78 is 0. The fourth-order valence-corrected chi connectivity index (χ4v) is 7.30. The third-order valence-electron chi connectivity index (χ3n) is 9.27. The van der Waals surface area contributed by atoms with E-state index in [1.54, 1.807) is 12.4 Å². The van der Waals surface area contributed by atoms with Crippen molar-refractivity contribution in [2.24, 2.45) is 0 Å². The Kier molecular flexibility index (Phi) is 6.03. The molecule has 0 saturated heterocycles. The van der Waals surface area contributed by atoms with E-state index in [2.05, 4.69) is 101 Å². The van der Waals surface area contributed by atoms with Gasteiger partial charge < -0.3 is 0 Å². The van der Waals surface area contributed by atoms with Crippen LogP contribution in [0, 0.1) is 0 Å². The Morgan fingerprint density at radius 1 is 0.476 bits per heavy atom. The summed E-state index contributed by atoms with van der Waals surface area (Å²) in [4.78, 5) is 13.8. The van der Waals surface area contributed by atoms with E-state index in [0.29, 0.717) is 0 Å². The molecule has 0 N–H and O–H groups in total. The Morgan fingerprint density at radius 2 is 1.12 bits per heavy atom. The zero-order valence-corrected chi connectivity index (χ0v) is 23.5. The number of hydrogen-bond donors (Lipinski definition) is 0. The van der Waals surface area contributed by atoms with E-state index < -0.39 is 0 Å². The third-order valence-corrected chi connectivity index (χ3v) is 9.27. The Bertz CT molecular complexity index is 1830. The van der Waals surface area contributed by atoms with Crippen LogP contribution in [-0.2, 0) is 5.41 Å².